The van der Waals surface area contributed by atoms with Crippen LogP contribution in [0.2, 0.25) is 0 Å². The van der Waals surface area contributed by atoms with Crippen LogP contribution in [-0.2, 0) is 6.18 Å². The van der Waals surface area contributed by atoms with Crippen molar-refractivity contribution in [3.05, 3.63) is 88.5 Å². The lowest BCUT2D eigenvalue weighted by molar-refractivity contribution is -0.137. The summed E-state index contributed by atoms with van der Waals surface area (Å²) < 4.78 is 60.6. The number of ether oxygens (including phenoxy) is 1. The molecule has 154 valence electrons. The predicted octanol–water partition coefficient (Wildman–Crippen LogP) is 6.97. The van der Waals surface area contributed by atoms with Gasteiger partial charge in [0, 0.05) is 5.56 Å². The maximum absolute atomic E-state index is 15.1. The van der Waals surface area contributed by atoms with Crippen LogP contribution in [0.3, 0.4) is 0 Å². The number of aldehydes is 1. The summed E-state index contributed by atoms with van der Waals surface area (Å²) in [4.78, 5) is 11.1. The van der Waals surface area contributed by atoms with Gasteiger partial charge in [0.15, 0.2) is 6.29 Å². The molecule has 0 atom stereocenters. The lowest BCUT2D eigenvalue weighted by atomic mass is 9.95. The Bertz CT molecular complexity index is 1100. The molecule has 3 rings (SSSR count). The van der Waals surface area contributed by atoms with Crippen molar-refractivity contribution in [3.63, 3.8) is 0 Å². The molecule has 3 aromatic rings. The van der Waals surface area contributed by atoms with Crippen LogP contribution in [0.25, 0.3) is 23.0 Å². The molecule has 3 aromatic carbocycles. The summed E-state index contributed by atoms with van der Waals surface area (Å²) in [7, 11) is 1.20. The second kappa shape index (κ2) is 8.53. The maximum atomic E-state index is 15.1. The zero-order valence-corrected chi connectivity index (χ0v) is 16.3. The highest BCUT2D eigenvalue weighted by Gasteiger charge is 2.35. The van der Waals surface area contributed by atoms with Gasteiger partial charge in [0.1, 0.15) is 11.6 Å². The number of hydrogen-bond acceptors (Lipinski definition) is 2. The molecule has 0 aliphatic rings. The van der Waals surface area contributed by atoms with Crippen molar-refractivity contribution in [1.82, 2.24) is 0 Å². The first-order valence-electron chi connectivity index (χ1n) is 9.03. The van der Waals surface area contributed by atoms with E-state index in [9.17, 15) is 18.0 Å². The third-order valence-corrected chi connectivity index (χ3v) is 4.80. The van der Waals surface area contributed by atoms with Crippen LogP contribution in [0.15, 0.2) is 60.7 Å². The van der Waals surface area contributed by atoms with E-state index < -0.39 is 23.1 Å². The van der Waals surface area contributed by atoms with Gasteiger partial charge in [-0.3, -0.25) is 4.79 Å². The van der Waals surface area contributed by atoms with Crippen molar-refractivity contribution in [2.75, 3.05) is 7.11 Å². The Morgan fingerprint density at radius 2 is 1.67 bits per heavy atom. The monoisotopic (exact) mass is 414 g/mol. The molecule has 30 heavy (non-hydrogen) atoms. The molecular weight excluding hydrogens is 396 g/mol. The number of methoxy groups -OCH3 is 1. The molecular formula is C24H18F4O2. The zero-order chi connectivity index (χ0) is 21.9. The van der Waals surface area contributed by atoms with Crippen LogP contribution in [0, 0.1) is 6.92 Å². The molecule has 0 saturated heterocycles. The first-order chi connectivity index (χ1) is 14.3. The van der Waals surface area contributed by atoms with Gasteiger partial charge in [0.25, 0.3) is 0 Å². The third kappa shape index (κ3) is 4.27. The molecule has 0 aliphatic carbocycles. The summed E-state index contributed by atoms with van der Waals surface area (Å²) in [5.41, 5.74) is 0.708. The summed E-state index contributed by atoms with van der Waals surface area (Å²) in [6.07, 6.45) is -3.54. The normalized spacial score (nSPS) is 12.0. The molecule has 0 fully saturated rings. The molecule has 0 spiro atoms. The van der Waals surface area contributed by atoms with Crippen LogP contribution in [0.1, 0.15) is 32.6 Å². The van der Waals surface area contributed by atoms with Gasteiger partial charge in [-0.25, -0.2) is 4.39 Å². The van der Waals surface area contributed by atoms with Crippen molar-refractivity contribution in [3.8, 4) is 16.9 Å². The van der Waals surface area contributed by atoms with Gasteiger partial charge in [0.05, 0.1) is 18.2 Å². The van der Waals surface area contributed by atoms with Crippen molar-refractivity contribution < 1.29 is 27.1 Å². The van der Waals surface area contributed by atoms with Crippen molar-refractivity contribution in [2.45, 2.75) is 13.1 Å². The topological polar surface area (TPSA) is 26.3 Å². The highest BCUT2D eigenvalue weighted by molar-refractivity contribution is 5.86. The molecule has 0 aliphatic heterocycles. The third-order valence-electron chi connectivity index (χ3n) is 4.80. The average molecular weight is 414 g/mol. The Labute approximate surface area is 171 Å². The Morgan fingerprint density at radius 1 is 0.967 bits per heavy atom. The summed E-state index contributed by atoms with van der Waals surface area (Å²) in [6.45, 7) is 1.78. The van der Waals surface area contributed by atoms with Crippen LogP contribution in [0.4, 0.5) is 17.6 Å². The highest BCUT2D eigenvalue weighted by Crippen LogP contribution is 2.39. The number of alkyl halides is 3. The fourth-order valence-corrected chi connectivity index (χ4v) is 3.25. The second-order valence-corrected chi connectivity index (χ2v) is 6.63. The van der Waals surface area contributed by atoms with E-state index in [2.05, 4.69) is 0 Å². The fourth-order valence-electron chi connectivity index (χ4n) is 3.25. The van der Waals surface area contributed by atoms with Crippen molar-refractivity contribution in [1.29, 1.82) is 0 Å². The van der Waals surface area contributed by atoms with Crippen molar-refractivity contribution >= 4 is 18.2 Å². The Balaban J connectivity index is 2.16. The van der Waals surface area contributed by atoms with Crippen LogP contribution in [-0.4, -0.2) is 13.4 Å². The number of benzene rings is 3. The van der Waals surface area contributed by atoms with E-state index >= 15 is 4.39 Å². The SMILES string of the molecule is COc1cc(/C(F)=C/c2cccc(-c3ccccc3)c2C)c(C(F)(F)F)cc1C=O. The van der Waals surface area contributed by atoms with E-state index in [4.69, 9.17) is 4.74 Å². The Morgan fingerprint density at radius 3 is 2.27 bits per heavy atom. The highest BCUT2D eigenvalue weighted by atomic mass is 19.4. The number of hydrogen-bond donors (Lipinski definition) is 0. The number of carbonyl (C=O) groups is 1. The Kier molecular flexibility index (Phi) is 6.06. The van der Waals surface area contributed by atoms with E-state index in [1.807, 2.05) is 36.4 Å². The van der Waals surface area contributed by atoms with E-state index in [1.54, 1.807) is 19.1 Å². The van der Waals surface area contributed by atoms with Gasteiger partial charge in [-0.15, -0.1) is 0 Å². The van der Waals surface area contributed by atoms with Gasteiger partial charge < -0.3 is 4.74 Å². The van der Waals surface area contributed by atoms with Gasteiger partial charge >= 0.3 is 6.18 Å². The standard InChI is InChI=1S/C24H18F4O2/c1-15-17(9-6-10-19(15)16-7-4-3-5-8-16)12-22(25)20-13-23(30-2)18(14-29)11-21(20)24(26,27)28/h3-14H,1-2H3/b22-12-. The molecule has 0 heterocycles. The molecule has 0 unspecified atom stereocenters. The minimum absolute atomic E-state index is 0.133. The summed E-state index contributed by atoms with van der Waals surface area (Å²) in [5, 5.41) is 0. The number of rotatable bonds is 5. The molecule has 0 saturated carbocycles. The Hall–Kier alpha value is -3.41. The van der Waals surface area contributed by atoms with E-state index in [0.717, 1.165) is 28.8 Å². The molecule has 2 nitrogen and oxygen atoms in total. The molecule has 0 aromatic heterocycles. The number of halogens is 4. The molecule has 0 radical (unpaired) electrons. The van der Waals surface area contributed by atoms with Gasteiger partial charge in [-0.1, -0.05) is 48.5 Å². The summed E-state index contributed by atoms with van der Waals surface area (Å²) in [6, 6.07) is 16.1. The van der Waals surface area contributed by atoms with Gasteiger partial charge in [-0.05, 0) is 47.4 Å². The second-order valence-electron chi connectivity index (χ2n) is 6.63. The fraction of sp³-hybridized carbons (Fsp3) is 0.125. The summed E-state index contributed by atoms with van der Waals surface area (Å²) >= 11 is 0. The zero-order valence-electron chi connectivity index (χ0n) is 16.3. The van der Waals surface area contributed by atoms with Crippen LogP contribution in [0.5, 0.6) is 5.75 Å². The van der Waals surface area contributed by atoms with E-state index in [1.165, 1.54) is 7.11 Å². The van der Waals surface area contributed by atoms with E-state index in [0.29, 0.717) is 11.6 Å². The summed E-state index contributed by atoms with van der Waals surface area (Å²) in [5.74, 6) is -1.21. The largest absolute Gasteiger partial charge is 0.496 e. The average Bonchev–Trinajstić information content (AvgIpc) is 2.74. The first-order valence-corrected chi connectivity index (χ1v) is 9.03. The molecule has 6 heteroatoms. The van der Waals surface area contributed by atoms with Crippen LogP contribution < -0.4 is 4.74 Å². The number of carbonyl (C=O) groups excluding carboxylic acids is 1. The smallest absolute Gasteiger partial charge is 0.417 e. The van der Waals surface area contributed by atoms with Crippen molar-refractivity contribution in [2.24, 2.45) is 0 Å². The predicted molar refractivity (Wildman–Crippen MR) is 109 cm³/mol. The lowest BCUT2D eigenvalue weighted by Crippen LogP contribution is -2.10. The first kappa shape index (κ1) is 21.3. The quantitative estimate of drug-likeness (QED) is 0.256. The van der Waals surface area contributed by atoms with Gasteiger partial charge in [-0.2, -0.15) is 13.2 Å². The minimum Gasteiger partial charge on any atom is -0.496 e. The maximum Gasteiger partial charge on any atom is 0.417 e. The molecule has 0 bridgehead atoms. The lowest BCUT2D eigenvalue weighted by Gasteiger charge is -2.15. The van der Waals surface area contributed by atoms with Gasteiger partial charge in [0.2, 0.25) is 0 Å². The minimum atomic E-state index is -4.84. The molecule has 0 amide bonds. The van der Waals surface area contributed by atoms with E-state index in [-0.39, 0.29) is 17.6 Å². The molecule has 0 N–H and O–H groups in total. The van der Waals surface area contributed by atoms with Crippen LogP contribution >= 0.6 is 0 Å².